The van der Waals surface area contributed by atoms with E-state index in [4.69, 9.17) is 4.74 Å². The summed E-state index contributed by atoms with van der Waals surface area (Å²) in [5.74, 6) is 0.0723. The molecule has 5 rings (SSSR count). The van der Waals surface area contributed by atoms with Crippen LogP contribution in [0.25, 0.3) is 0 Å². The van der Waals surface area contributed by atoms with E-state index in [9.17, 15) is 9.59 Å². The van der Waals surface area contributed by atoms with E-state index in [1.165, 1.54) is 26.5 Å². The van der Waals surface area contributed by atoms with Crippen LogP contribution >= 0.6 is 36.6 Å². The van der Waals surface area contributed by atoms with Crippen LogP contribution in [0.3, 0.4) is 0 Å². The fourth-order valence-electron chi connectivity index (χ4n) is 4.89. The zero-order valence-electron chi connectivity index (χ0n) is 19.1. The smallest absolute Gasteiger partial charge is 0.411 e. The zero-order valence-corrected chi connectivity index (χ0v) is 21.5. The average molecular weight is 526 g/mol. The number of amides is 2. The van der Waals surface area contributed by atoms with E-state index in [-0.39, 0.29) is 30.7 Å². The number of fused-ring (bicyclic) bond motifs is 3. The summed E-state index contributed by atoms with van der Waals surface area (Å²) < 4.78 is 4.72. The van der Waals surface area contributed by atoms with E-state index < -0.39 is 6.09 Å². The molecule has 0 saturated carbocycles. The molecule has 0 aromatic heterocycles. The van der Waals surface area contributed by atoms with Crippen molar-refractivity contribution in [3.05, 3.63) is 42.5 Å². The molecule has 2 saturated heterocycles. The number of nitrogens with one attached hydrogen (secondary N) is 1. The molecule has 2 amide bonds. The standard InChI is InChI=1S/C24H28N4O3S.2ClH/c1-31-24(30)25-17-8-9-22-20(15-17)28(19-6-2-3-7-21(19)32-22)23(29)10-12-26-13-14-27-11-4-5-18(27)16-26;;/h2-3,6-9,15,18H,4-5,10-14,16H2,1H3,(H,25,30);2*1H. The fraction of sp³-hybridized carbons (Fsp3) is 0.417. The van der Waals surface area contributed by atoms with Gasteiger partial charge in [0.25, 0.3) is 0 Å². The van der Waals surface area contributed by atoms with Crippen molar-refractivity contribution >= 4 is 65.6 Å². The van der Waals surface area contributed by atoms with Gasteiger partial charge in [-0.1, -0.05) is 23.9 Å². The number of carbonyl (C=O) groups is 2. The third kappa shape index (κ3) is 5.47. The largest absolute Gasteiger partial charge is 0.453 e. The molecule has 1 N–H and O–H groups in total. The molecule has 2 aromatic carbocycles. The zero-order chi connectivity index (χ0) is 22.1. The Bertz CT molecular complexity index is 1040. The summed E-state index contributed by atoms with van der Waals surface area (Å²) in [6.45, 7) is 5.18. The molecule has 2 aromatic rings. The molecule has 7 nitrogen and oxygen atoms in total. The highest BCUT2D eigenvalue weighted by Gasteiger charge is 2.32. The lowest BCUT2D eigenvalue weighted by molar-refractivity contribution is -0.118. The Balaban J connectivity index is 0.00000162. The van der Waals surface area contributed by atoms with E-state index in [1.54, 1.807) is 11.8 Å². The number of anilines is 3. The number of methoxy groups -OCH3 is 1. The lowest BCUT2D eigenvalue weighted by Gasteiger charge is -2.38. The minimum absolute atomic E-state index is 0. The number of halogens is 2. The SMILES string of the molecule is COC(=O)Nc1ccc2c(c1)N(C(=O)CCN1CCN3CCCC3C1)c1ccccc1S2.Cl.Cl. The second-order valence-corrected chi connectivity index (χ2v) is 9.56. The Morgan fingerprint density at radius 2 is 1.85 bits per heavy atom. The van der Waals surface area contributed by atoms with Crippen LogP contribution in [0.15, 0.2) is 52.3 Å². The first kappa shape index (κ1) is 26.6. The molecule has 34 heavy (non-hydrogen) atoms. The maximum absolute atomic E-state index is 13.6. The number of carbonyl (C=O) groups excluding carboxylic acids is 2. The van der Waals surface area contributed by atoms with Gasteiger partial charge in [0.2, 0.25) is 5.91 Å². The number of para-hydroxylation sites is 1. The molecular formula is C24H30Cl2N4O3S. The Hall–Kier alpha value is -1.97. The first-order valence-corrected chi connectivity index (χ1v) is 12.0. The highest BCUT2D eigenvalue weighted by atomic mass is 35.5. The number of ether oxygens (including phenoxy) is 1. The van der Waals surface area contributed by atoms with Crippen LogP contribution in [0.4, 0.5) is 21.9 Å². The van der Waals surface area contributed by atoms with Crippen molar-refractivity contribution in [1.29, 1.82) is 0 Å². The summed E-state index contributed by atoms with van der Waals surface area (Å²) in [6, 6.07) is 14.3. The molecule has 10 heteroatoms. The number of piperazine rings is 1. The monoisotopic (exact) mass is 524 g/mol. The van der Waals surface area contributed by atoms with Gasteiger partial charge in [0, 0.05) is 54.1 Å². The summed E-state index contributed by atoms with van der Waals surface area (Å²) in [5.41, 5.74) is 2.30. The molecule has 0 radical (unpaired) electrons. The Morgan fingerprint density at radius 3 is 2.68 bits per heavy atom. The van der Waals surface area contributed by atoms with Gasteiger partial charge in [-0.25, -0.2) is 4.79 Å². The summed E-state index contributed by atoms with van der Waals surface area (Å²) in [7, 11) is 1.33. The topological polar surface area (TPSA) is 65.1 Å². The number of hydrogen-bond acceptors (Lipinski definition) is 6. The molecule has 2 fully saturated rings. The third-order valence-electron chi connectivity index (χ3n) is 6.52. The molecule has 184 valence electrons. The van der Waals surface area contributed by atoms with E-state index in [0.29, 0.717) is 18.2 Å². The highest BCUT2D eigenvalue weighted by molar-refractivity contribution is 7.99. The van der Waals surface area contributed by atoms with Crippen molar-refractivity contribution in [3.63, 3.8) is 0 Å². The molecule has 1 atom stereocenters. The van der Waals surface area contributed by atoms with Gasteiger partial charge in [-0.05, 0) is 49.7 Å². The van der Waals surface area contributed by atoms with Gasteiger partial charge in [-0.2, -0.15) is 0 Å². The Kier molecular flexibility index (Phi) is 9.12. The maximum atomic E-state index is 13.6. The maximum Gasteiger partial charge on any atom is 0.411 e. The molecule has 0 bridgehead atoms. The van der Waals surface area contributed by atoms with Gasteiger partial charge in [0.1, 0.15) is 0 Å². The molecule has 3 aliphatic heterocycles. The second kappa shape index (κ2) is 11.6. The van der Waals surface area contributed by atoms with Gasteiger partial charge < -0.3 is 4.74 Å². The van der Waals surface area contributed by atoms with E-state index in [2.05, 4.69) is 15.1 Å². The van der Waals surface area contributed by atoms with Crippen LogP contribution < -0.4 is 10.2 Å². The van der Waals surface area contributed by atoms with Crippen LogP contribution in [0.5, 0.6) is 0 Å². The number of benzene rings is 2. The van der Waals surface area contributed by atoms with Crippen LogP contribution in [0, 0.1) is 0 Å². The van der Waals surface area contributed by atoms with Crippen LogP contribution in [-0.2, 0) is 9.53 Å². The van der Waals surface area contributed by atoms with Crippen molar-refractivity contribution in [3.8, 4) is 0 Å². The lowest BCUT2D eigenvalue weighted by atomic mass is 10.1. The third-order valence-corrected chi connectivity index (χ3v) is 7.65. The normalized spacial score (nSPS) is 19.1. The number of rotatable bonds is 4. The predicted molar refractivity (Wildman–Crippen MR) is 140 cm³/mol. The first-order chi connectivity index (χ1) is 15.6. The Labute approximate surface area is 217 Å². The minimum Gasteiger partial charge on any atom is -0.453 e. The van der Waals surface area contributed by atoms with Gasteiger partial charge in [-0.3, -0.25) is 24.8 Å². The highest BCUT2D eigenvalue weighted by Crippen LogP contribution is 2.49. The molecule has 0 aliphatic carbocycles. The van der Waals surface area contributed by atoms with Crippen molar-refractivity contribution in [2.45, 2.75) is 35.1 Å². The van der Waals surface area contributed by atoms with Crippen molar-refractivity contribution in [2.24, 2.45) is 0 Å². The van der Waals surface area contributed by atoms with Crippen LogP contribution in [-0.4, -0.2) is 67.7 Å². The molecule has 3 heterocycles. The van der Waals surface area contributed by atoms with Crippen molar-refractivity contribution in [1.82, 2.24) is 9.80 Å². The van der Waals surface area contributed by atoms with E-state index in [1.807, 2.05) is 47.4 Å². The number of hydrogen-bond donors (Lipinski definition) is 1. The van der Waals surface area contributed by atoms with Gasteiger partial charge in [0.05, 0.1) is 18.5 Å². The van der Waals surface area contributed by atoms with Gasteiger partial charge in [-0.15, -0.1) is 24.8 Å². The summed E-state index contributed by atoms with van der Waals surface area (Å²) in [5, 5.41) is 2.71. The lowest BCUT2D eigenvalue weighted by Crippen LogP contribution is -2.50. The second-order valence-electron chi connectivity index (χ2n) is 8.48. The molecule has 3 aliphatic rings. The summed E-state index contributed by atoms with van der Waals surface area (Å²) in [4.78, 5) is 34.1. The van der Waals surface area contributed by atoms with Gasteiger partial charge >= 0.3 is 6.09 Å². The van der Waals surface area contributed by atoms with E-state index >= 15 is 0 Å². The quantitative estimate of drug-likeness (QED) is 0.606. The molecule has 0 spiro atoms. The van der Waals surface area contributed by atoms with E-state index in [0.717, 1.165) is 47.3 Å². The van der Waals surface area contributed by atoms with Crippen LogP contribution in [0.2, 0.25) is 0 Å². The summed E-state index contributed by atoms with van der Waals surface area (Å²) >= 11 is 1.64. The molecule has 1 unspecified atom stereocenters. The van der Waals surface area contributed by atoms with Gasteiger partial charge in [0.15, 0.2) is 0 Å². The Morgan fingerprint density at radius 1 is 1.06 bits per heavy atom. The first-order valence-electron chi connectivity index (χ1n) is 11.2. The molecular weight excluding hydrogens is 495 g/mol. The number of nitrogens with zero attached hydrogens (tertiary/aromatic N) is 3. The van der Waals surface area contributed by atoms with Crippen molar-refractivity contribution < 1.29 is 14.3 Å². The minimum atomic E-state index is -0.530. The predicted octanol–water partition coefficient (Wildman–Crippen LogP) is 5.01. The fourth-order valence-corrected chi connectivity index (χ4v) is 5.93. The van der Waals surface area contributed by atoms with Crippen LogP contribution in [0.1, 0.15) is 19.3 Å². The summed E-state index contributed by atoms with van der Waals surface area (Å²) in [6.07, 6.45) is 2.49. The van der Waals surface area contributed by atoms with Crippen molar-refractivity contribution in [2.75, 3.05) is 50.1 Å². The average Bonchev–Trinajstić information content (AvgIpc) is 3.29.